The Morgan fingerprint density at radius 3 is 2.04 bits per heavy atom. The van der Waals surface area contributed by atoms with E-state index in [1.807, 2.05) is 0 Å². The van der Waals surface area contributed by atoms with E-state index in [9.17, 15) is 26.4 Å². The summed E-state index contributed by atoms with van der Waals surface area (Å²) in [6.07, 6.45) is -3.62. The van der Waals surface area contributed by atoms with E-state index < -0.39 is 37.5 Å². The van der Waals surface area contributed by atoms with Crippen molar-refractivity contribution in [2.24, 2.45) is 16.7 Å². The van der Waals surface area contributed by atoms with E-state index in [1.165, 1.54) is 0 Å². The van der Waals surface area contributed by atoms with Crippen LogP contribution in [0.1, 0.15) is 52.9 Å². The molecule has 154 valence electrons. The van der Waals surface area contributed by atoms with Crippen molar-refractivity contribution in [2.45, 2.75) is 69.4 Å². The fourth-order valence-electron chi connectivity index (χ4n) is 5.05. The second-order valence-corrected chi connectivity index (χ2v) is 12.6. The summed E-state index contributed by atoms with van der Waals surface area (Å²) in [5.41, 5.74) is -2.67. The van der Waals surface area contributed by atoms with Gasteiger partial charge in [0.15, 0.2) is 9.84 Å². The molecule has 0 spiro atoms. The molecule has 0 aromatic carbocycles. The molecule has 5 fully saturated rings. The van der Waals surface area contributed by atoms with Crippen LogP contribution in [-0.4, -0.2) is 54.8 Å². The van der Waals surface area contributed by atoms with E-state index in [0.29, 0.717) is 32.4 Å². The van der Waals surface area contributed by atoms with Crippen LogP contribution in [0.4, 0.5) is 18.0 Å². The van der Waals surface area contributed by atoms with Crippen molar-refractivity contribution in [2.75, 3.05) is 18.8 Å². The van der Waals surface area contributed by atoms with Gasteiger partial charge in [0.2, 0.25) is 0 Å². The van der Waals surface area contributed by atoms with Gasteiger partial charge in [-0.15, -0.1) is 0 Å². The zero-order valence-corrected chi connectivity index (χ0v) is 16.7. The number of likely N-dealkylation sites (tertiary alicyclic amines) is 1. The highest BCUT2D eigenvalue weighted by Crippen LogP contribution is 2.76. The Labute approximate surface area is 157 Å². The fraction of sp³-hybridized carbons (Fsp3) is 0.944. The summed E-state index contributed by atoms with van der Waals surface area (Å²) in [5, 5.41) is 0. The summed E-state index contributed by atoms with van der Waals surface area (Å²) < 4.78 is 69.2. The van der Waals surface area contributed by atoms with E-state index in [-0.39, 0.29) is 30.3 Å². The minimum absolute atomic E-state index is 0.0789. The summed E-state index contributed by atoms with van der Waals surface area (Å²) in [7, 11) is -3.77. The molecule has 0 aromatic rings. The number of carbonyl (C=O) groups excluding carboxylic acids is 1. The molecule has 5 rings (SSSR count). The van der Waals surface area contributed by atoms with Crippen LogP contribution in [0.5, 0.6) is 0 Å². The van der Waals surface area contributed by atoms with Gasteiger partial charge in [0.05, 0.1) is 15.9 Å². The molecule has 4 aliphatic carbocycles. The summed E-state index contributed by atoms with van der Waals surface area (Å²) in [6, 6.07) is 0. The van der Waals surface area contributed by atoms with Crippen molar-refractivity contribution in [1.82, 2.24) is 4.90 Å². The Morgan fingerprint density at radius 1 is 1.11 bits per heavy atom. The SMILES string of the molecule is CC(C)(C)OC(=O)N1CC(C23CC(S(=O)(=O)CC4(C(F)(F)F)CC4)(C2)C3)C1. The predicted molar refractivity (Wildman–Crippen MR) is 91.8 cm³/mol. The molecule has 0 N–H and O–H groups in total. The summed E-state index contributed by atoms with van der Waals surface area (Å²) in [5.74, 6) is -0.534. The maximum Gasteiger partial charge on any atom is 0.410 e. The van der Waals surface area contributed by atoms with Gasteiger partial charge in [-0.05, 0) is 58.3 Å². The number of nitrogens with zero attached hydrogens (tertiary/aromatic N) is 1. The van der Waals surface area contributed by atoms with Crippen molar-refractivity contribution in [3.63, 3.8) is 0 Å². The molecule has 1 amide bonds. The largest absolute Gasteiger partial charge is 0.444 e. The van der Waals surface area contributed by atoms with Gasteiger partial charge < -0.3 is 9.64 Å². The lowest BCUT2D eigenvalue weighted by molar-refractivity contribution is -0.182. The third kappa shape index (κ3) is 2.78. The normalized spacial score (nSPS) is 35.0. The van der Waals surface area contributed by atoms with Crippen molar-refractivity contribution >= 4 is 15.9 Å². The lowest BCUT2D eigenvalue weighted by Crippen LogP contribution is -2.77. The second kappa shape index (κ2) is 5.13. The highest BCUT2D eigenvalue weighted by molar-refractivity contribution is 7.93. The van der Waals surface area contributed by atoms with E-state index >= 15 is 0 Å². The maximum absolute atomic E-state index is 13.1. The Kier molecular flexibility index (Phi) is 3.67. The van der Waals surface area contributed by atoms with Crippen molar-refractivity contribution < 1.29 is 31.1 Å². The van der Waals surface area contributed by atoms with Gasteiger partial charge in [0.1, 0.15) is 5.60 Å². The number of ether oxygens (including phenoxy) is 1. The summed E-state index contributed by atoms with van der Waals surface area (Å²) in [4.78, 5) is 13.6. The van der Waals surface area contributed by atoms with Crippen LogP contribution in [-0.2, 0) is 14.6 Å². The van der Waals surface area contributed by atoms with Gasteiger partial charge in [-0.1, -0.05) is 0 Å². The molecule has 0 unspecified atom stereocenters. The average molecular weight is 409 g/mol. The number of hydrogen-bond acceptors (Lipinski definition) is 4. The molecule has 5 nitrogen and oxygen atoms in total. The monoisotopic (exact) mass is 409 g/mol. The Bertz CT molecular complexity index is 754. The average Bonchev–Trinajstić information content (AvgIpc) is 3.04. The van der Waals surface area contributed by atoms with E-state index in [2.05, 4.69) is 0 Å². The first kappa shape index (κ1) is 19.3. The summed E-state index contributed by atoms with van der Waals surface area (Å²) >= 11 is 0. The van der Waals surface area contributed by atoms with E-state index in [4.69, 9.17) is 4.74 Å². The molecule has 1 saturated heterocycles. The molecule has 0 aromatic heterocycles. The maximum atomic E-state index is 13.1. The summed E-state index contributed by atoms with van der Waals surface area (Å²) in [6.45, 7) is 6.47. The molecule has 1 aliphatic heterocycles. The molecule has 27 heavy (non-hydrogen) atoms. The number of halogens is 3. The first-order chi connectivity index (χ1) is 12.1. The van der Waals surface area contributed by atoms with Gasteiger partial charge >= 0.3 is 12.3 Å². The molecular formula is C18H26F3NO4S. The Balaban J connectivity index is 1.32. The molecule has 4 saturated carbocycles. The van der Waals surface area contributed by atoms with Crippen LogP contribution < -0.4 is 0 Å². The van der Waals surface area contributed by atoms with Crippen LogP contribution in [0.25, 0.3) is 0 Å². The molecule has 2 bridgehead atoms. The number of sulfone groups is 1. The zero-order chi connectivity index (χ0) is 20.1. The number of alkyl halides is 3. The van der Waals surface area contributed by atoms with E-state index in [1.54, 1.807) is 25.7 Å². The van der Waals surface area contributed by atoms with Crippen LogP contribution >= 0.6 is 0 Å². The standard InChI is InChI=1S/C18H26F3NO4S/c1-14(2,3)26-13(23)22-6-12(7-22)15-8-17(9-15,10-15)27(24,25)11-16(4-5-16)18(19,20)21/h12H,4-11H2,1-3H3. The van der Waals surface area contributed by atoms with Crippen LogP contribution in [0.3, 0.4) is 0 Å². The molecule has 5 aliphatic rings. The predicted octanol–water partition coefficient (Wildman–Crippen LogP) is 3.53. The molecule has 0 atom stereocenters. The van der Waals surface area contributed by atoms with Crippen molar-refractivity contribution in [3.05, 3.63) is 0 Å². The van der Waals surface area contributed by atoms with Crippen molar-refractivity contribution in [1.29, 1.82) is 0 Å². The van der Waals surface area contributed by atoms with Crippen LogP contribution in [0.15, 0.2) is 0 Å². The van der Waals surface area contributed by atoms with Gasteiger partial charge in [-0.25, -0.2) is 13.2 Å². The zero-order valence-electron chi connectivity index (χ0n) is 15.9. The van der Waals surface area contributed by atoms with Crippen LogP contribution in [0.2, 0.25) is 0 Å². The first-order valence-electron chi connectivity index (χ1n) is 9.40. The Morgan fingerprint density at radius 2 is 1.63 bits per heavy atom. The molecule has 0 radical (unpaired) electrons. The lowest BCUT2D eigenvalue weighted by Gasteiger charge is -2.74. The first-order valence-corrected chi connectivity index (χ1v) is 11.1. The third-order valence-electron chi connectivity index (χ3n) is 7.00. The highest BCUT2D eigenvalue weighted by atomic mass is 32.2. The topological polar surface area (TPSA) is 63.7 Å². The van der Waals surface area contributed by atoms with Crippen molar-refractivity contribution in [3.8, 4) is 0 Å². The smallest absolute Gasteiger partial charge is 0.410 e. The van der Waals surface area contributed by atoms with Gasteiger partial charge in [0.25, 0.3) is 0 Å². The molecule has 1 heterocycles. The fourth-order valence-corrected chi connectivity index (χ4v) is 8.06. The van der Waals surface area contributed by atoms with Gasteiger partial charge in [-0.2, -0.15) is 13.2 Å². The minimum atomic E-state index is -4.44. The minimum Gasteiger partial charge on any atom is -0.444 e. The van der Waals surface area contributed by atoms with Gasteiger partial charge in [-0.3, -0.25) is 0 Å². The molecular weight excluding hydrogens is 383 g/mol. The number of rotatable bonds is 4. The third-order valence-corrected chi connectivity index (χ3v) is 9.69. The Hall–Kier alpha value is -0.990. The second-order valence-electron chi connectivity index (χ2n) is 10.2. The highest BCUT2D eigenvalue weighted by Gasteiger charge is 2.78. The van der Waals surface area contributed by atoms with Gasteiger partial charge in [0, 0.05) is 19.0 Å². The van der Waals surface area contributed by atoms with E-state index in [0.717, 1.165) is 0 Å². The number of amides is 1. The lowest BCUT2D eigenvalue weighted by atomic mass is 9.38. The number of carbonyl (C=O) groups is 1. The number of hydrogen-bond donors (Lipinski definition) is 0. The quantitative estimate of drug-likeness (QED) is 0.713. The van der Waals surface area contributed by atoms with Crippen LogP contribution in [0, 0.1) is 16.7 Å². The molecule has 9 heteroatoms.